The second-order valence-corrected chi connectivity index (χ2v) is 8.22. The van der Waals surface area contributed by atoms with Crippen LogP contribution in [0.3, 0.4) is 0 Å². The zero-order valence-electron chi connectivity index (χ0n) is 14.0. The molecule has 2 aliphatic heterocycles. The summed E-state index contributed by atoms with van der Waals surface area (Å²) in [4.78, 5) is 40.3. The minimum Gasteiger partial charge on any atom is -0.344 e. The number of carbonyl (C=O) groups excluding carboxylic acids is 3. The standard InChI is InChI=1S/C18H20BrN3O3/c1-21-7-4-14(17(21)25)20-15(23)9-22-10-18(5-6-18)13-8-11(19)2-3-12(13)16(22)24/h2-3,8,14H,4-7,9-10H2,1H3,(H,20,23). The van der Waals surface area contributed by atoms with Crippen molar-refractivity contribution in [2.24, 2.45) is 0 Å². The predicted molar refractivity (Wildman–Crippen MR) is 95.1 cm³/mol. The molecule has 1 atom stereocenters. The van der Waals surface area contributed by atoms with Gasteiger partial charge in [-0.3, -0.25) is 14.4 Å². The summed E-state index contributed by atoms with van der Waals surface area (Å²) in [5, 5.41) is 2.78. The van der Waals surface area contributed by atoms with E-state index in [1.54, 1.807) is 16.8 Å². The molecule has 0 bridgehead atoms. The van der Waals surface area contributed by atoms with Crippen LogP contribution in [-0.2, 0) is 15.0 Å². The monoisotopic (exact) mass is 405 g/mol. The zero-order valence-corrected chi connectivity index (χ0v) is 15.6. The van der Waals surface area contributed by atoms with Crippen LogP contribution in [0.2, 0.25) is 0 Å². The Bertz CT molecular complexity index is 775. The molecule has 1 saturated carbocycles. The summed E-state index contributed by atoms with van der Waals surface area (Å²) in [6.45, 7) is 1.22. The van der Waals surface area contributed by atoms with Crippen molar-refractivity contribution >= 4 is 33.7 Å². The number of rotatable bonds is 3. The molecular weight excluding hydrogens is 386 g/mol. The van der Waals surface area contributed by atoms with Crippen molar-refractivity contribution < 1.29 is 14.4 Å². The average molecular weight is 406 g/mol. The average Bonchev–Trinajstić information content (AvgIpc) is 3.29. The molecule has 132 valence electrons. The SMILES string of the molecule is CN1CCC(NC(=O)CN2CC3(CC3)c3cc(Br)ccc3C2=O)C1=O. The van der Waals surface area contributed by atoms with Crippen molar-refractivity contribution in [3.05, 3.63) is 33.8 Å². The van der Waals surface area contributed by atoms with Crippen LogP contribution < -0.4 is 5.32 Å². The summed E-state index contributed by atoms with van der Waals surface area (Å²) in [5.41, 5.74) is 1.78. The van der Waals surface area contributed by atoms with Crippen LogP contribution >= 0.6 is 15.9 Å². The zero-order chi connectivity index (χ0) is 17.8. The molecule has 1 spiro atoms. The van der Waals surface area contributed by atoms with Gasteiger partial charge in [0.25, 0.3) is 5.91 Å². The van der Waals surface area contributed by atoms with Gasteiger partial charge in [-0.2, -0.15) is 0 Å². The second kappa shape index (κ2) is 5.83. The van der Waals surface area contributed by atoms with Crippen molar-refractivity contribution in [1.29, 1.82) is 0 Å². The summed E-state index contributed by atoms with van der Waals surface area (Å²) in [6, 6.07) is 5.27. The molecule has 1 aromatic rings. The van der Waals surface area contributed by atoms with E-state index in [1.165, 1.54) is 0 Å². The fraction of sp³-hybridized carbons (Fsp3) is 0.500. The molecule has 3 amide bonds. The van der Waals surface area contributed by atoms with Crippen molar-refractivity contribution in [2.45, 2.75) is 30.7 Å². The van der Waals surface area contributed by atoms with Crippen LogP contribution in [0, 0.1) is 0 Å². The highest BCUT2D eigenvalue weighted by Gasteiger charge is 2.51. The van der Waals surface area contributed by atoms with E-state index in [1.807, 2.05) is 18.2 Å². The maximum atomic E-state index is 12.8. The number of carbonyl (C=O) groups is 3. The number of benzene rings is 1. The fourth-order valence-corrected chi connectivity index (χ4v) is 4.27. The van der Waals surface area contributed by atoms with Gasteiger partial charge in [0.2, 0.25) is 11.8 Å². The van der Waals surface area contributed by atoms with Gasteiger partial charge >= 0.3 is 0 Å². The fourth-order valence-electron chi connectivity index (χ4n) is 3.91. The number of likely N-dealkylation sites (N-methyl/N-ethyl adjacent to an activating group) is 1. The normalized spacial score (nSPS) is 23.8. The van der Waals surface area contributed by atoms with E-state index in [0.717, 1.165) is 22.9 Å². The highest BCUT2D eigenvalue weighted by molar-refractivity contribution is 9.10. The predicted octanol–water partition coefficient (Wildman–Crippen LogP) is 1.28. The van der Waals surface area contributed by atoms with Crippen LogP contribution in [0.4, 0.5) is 0 Å². The third kappa shape index (κ3) is 2.84. The molecule has 25 heavy (non-hydrogen) atoms. The third-order valence-corrected chi connectivity index (χ3v) is 6.01. The first-order chi connectivity index (χ1) is 11.9. The summed E-state index contributed by atoms with van der Waals surface area (Å²) in [7, 11) is 1.73. The van der Waals surface area contributed by atoms with Crippen LogP contribution in [0.15, 0.2) is 22.7 Å². The van der Waals surface area contributed by atoms with Gasteiger partial charge < -0.3 is 15.1 Å². The molecule has 1 unspecified atom stereocenters. The minimum absolute atomic E-state index is 0.00327. The highest BCUT2D eigenvalue weighted by atomic mass is 79.9. The van der Waals surface area contributed by atoms with Crippen LogP contribution in [0.1, 0.15) is 35.2 Å². The van der Waals surface area contributed by atoms with Gasteiger partial charge in [0, 0.05) is 35.6 Å². The van der Waals surface area contributed by atoms with Crippen LogP contribution in [-0.4, -0.2) is 60.2 Å². The maximum absolute atomic E-state index is 12.8. The number of nitrogens with one attached hydrogen (secondary N) is 1. The number of hydrogen-bond acceptors (Lipinski definition) is 3. The van der Waals surface area contributed by atoms with Crippen molar-refractivity contribution in [2.75, 3.05) is 26.7 Å². The number of halogens is 1. The van der Waals surface area contributed by atoms with Crippen LogP contribution in [0.5, 0.6) is 0 Å². The van der Waals surface area contributed by atoms with E-state index in [-0.39, 0.29) is 29.7 Å². The van der Waals surface area contributed by atoms with E-state index < -0.39 is 6.04 Å². The van der Waals surface area contributed by atoms with Gasteiger partial charge in [-0.15, -0.1) is 0 Å². The molecule has 2 heterocycles. The van der Waals surface area contributed by atoms with Gasteiger partial charge in [-0.1, -0.05) is 15.9 Å². The lowest BCUT2D eigenvalue weighted by Crippen LogP contribution is -2.50. The van der Waals surface area contributed by atoms with E-state index in [0.29, 0.717) is 25.1 Å². The number of nitrogens with zero attached hydrogens (tertiary/aromatic N) is 2. The van der Waals surface area contributed by atoms with Crippen LogP contribution in [0.25, 0.3) is 0 Å². The quantitative estimate of drug-likeness (QED) is 0.823. The number of amides is 3. The topological polar surface area (TPSA) is 69.7 Å². The lowest BCUT2D eigenvalue weighted by Gasteiger charge is -2.34. The highest BCUT2D eigenvalue weighted by Crippen LogP contribution is 2.52. The summed E-state index contributed by atoms with van der Waals surface area (Å²) < 4.78 is 0.973. The van der Waals surface area contributed by atoms with Crippen molar-refractivity contribution in [1.82, 2.24) is 15.1 Å². The molecule has 4 rings (SSSR count). The first-order valence-electron chi connectivity index (χ1n) is 8.53. The summed E-state index contributed by atoms with van der Waals surface area (Å²) in [5.74, 6) is -0.435. The third-order valence-electron chi connectivity index (χ3n) is 5.51. The Hall–Kier alpha value is -1.89. The molecule has 3 aliphatic rings. The first-order valence-corrected chi connectivity index (χ1v) is 9.33. The Morgan fingerprint density at radius 3 is 2.76 bits per heavy atom. The molecule has 0 radical (unpaired) electrons. The van der Waals surface area contributed by atoms with Gasteiger partial charge in [-0.05, 0) is 43.0 Å². The van der Waals surface area contributed by atoms with Gasteiger partial charge in [0.1, 0.15) is 6.04 Å². The number of hydrogen-bond donors (Lipinski definition) is 1. The molecule has 7 heteroatoms. The van der Waals surface area contributed by atoms with Gasteiger partial charge in [0.15, 0.2) is 0 Å². The van der Waals surface area contributed by atoms with E-state index >= 15 is 0 Å². The Morgan fingerprint density at radius 2 is 2.12 bits per heavy atom. The lowest BCUT2D eigenvalue weighted by atomic mass is 9.86. The first kappa shape index (κ1) is 16.6. The van der Waals surface area contributed by atoms with E-state index in [9.17, 15) is 14.4 Å². The molecule has 2 fully saturated rings. The Morgan fingerprint density at radius 1 is 1.36 bits per heavy atom. The lowest BCUT2D eigenvalue weighted by molar-refractivity contribution is -0.132. The minimum atomic E-state index is -0.462. The second-order valence-electron chi connectivity index (χ2n) is 7.30. The van der Waals surface area contributed by atoms with Gasteiger partial charge in [0.05, 0.1) is 6.54 Å². The van der Waals surface area contributed by atoms with Gasteiger partial charge in [-0.25, -0.2) is 0 Å². The van der Waals surface area contributed by atoms with Crippen molar-refractivity contribution in [3.8, 4) is 0 Å². The molecule has 1 aromatic carbocycles. The Kier molecular flexibility index (Phi) is 3.86. The van der Waals surface area contributed by atoms with Crippen molar-refractivity contribution in [3.63, 3.8) is 0 Å². The maximum Gasteiger partial charge on any atom is 0.254 e. The number of likely N-dealkylation sites (tertiary alicyclic amines) is 1. The molecule has 1 saturated heterocycles. The molecule has 0 aromatic heterocycles. The summed E-state index contributed by atoms with van der Waals surface area (Å²) >= 11 is 3.48. The Labute approximate surface area is 154 Å². The summed E-state index contributed by atoms with van der Waals surface area (Å²) in [6.07, 6.45) is 2.69. The molecular formula is C18H20BrN3O3. The van der Waals surface area contributed by atoms with E-state index in [4.69, 9.17) is 0 Å². The molecule has 6 nitrogen and oxygen atoms in total. The number of fused-ring (bicyclic) bond motifs is 2. The molecule has 1 N–H and O–H groups in total. The van der Waals surface area contributed by atoms with E-state index in [2.05, 4.69) is 21.2 Å². The largest absolute Gasteiger partial charge is 0.344 e. The Balaban J connectivity index is 1.49. The molecule has 1 aliphatic carbocycles. The smallest absolute Gasteiger partial charge is 0.254 e.